The standard InChI is InChI=1S/C17H33N7.HI/c1-4-18-17(20-13-16-21-14-22-24(16)3)19-11-8-12-23(2)15-9-6-5-7-10-15;/h14-15H,4-13H2,1-3H3,(H2,18,19,20);1H. The molecule has 0 aromatic carbocycles. The summed E-state index contributed by atoms with van der Waals surface area (Å²) < 4.78 is 1.76. The summed E-state index contributed by atoms with van der Waals surface area (Å²) in [4.78, 5) is 11.3. The van der Waals surface area contributed by atoms with E-state index in [0.29, 0.717) is 6.54 Å². The van der Waals surface area contributed by atoms with E-state index in [1.807, 2.05) is 7.05 Å². The average Bonchev–Trinajstić information content (AvgIpc) is 3.02. The van der Waals surface area contributed by atoms with Gasteiger partial charge in [-0.05, 0) is 39.8 Å². The maximum Gasteiger partial charge on any atom is 0.191 e. The summed E-state index contributed by atoms with van der Waals surface area (Å²) in [6.07, 6.45) is 9.63. The lowest BCUT2D eigenvalue weighted by Gasteiger charge is -2.31. The van der Waals surface area contributed by atoms with Crippen LogP contribution >= 0.6 is 24.0 Å². The number of aromatic nitrogens is 3. The number of halogens is 1. The van der Waals surface area contributed by atoms with E-state index in [4.69, 9.17) is 0 Å². The normalized spacial score (nSPS) is 15.9. The molecule has 0 atom stereocenters. The van der Waals surface area contributed by atoms with Crippen molar-refractivity contribution in [3.63, 3.8) is 0 Å². The highest BCUT2D eigenvalue weighted by Crippen LogP contribution is 2.21. The summed E-state index contributed by atoms with van der Waals surface area (Å²) in [6.45, 7) is 5.54. The molecule has 1 aromatic heterocycles. The molecule has 0 radical (unpaired) electrons. The van der Waals surface area contributed by atoms with Crippen molar-refractivity contribution >= 4 is 29.9 Å². The van der Waals surface area contributed by atoms with Crippen LogP contribution in [0, 0.1) is 0 Å². The molecule has 1 fully saturated rings. The number of rotatable bonds is 8. The van der Waals surface area contributed by atoms with Gasteiger partial charge in [-0.1, -0.05) is 19.3 Å². The highest BCUT2D eigenvalue weighted by atomic mass is 127. The Hall–Kier alpha value is -0.900. The van der Waals surface area contributed by atoms with Gasteiger partial charge in [0, 0.05) is 26.2 Å². The molecule has 0 saturated heterocycles. The van der Waals surface area contributed by atoms with Gasteiger partial charge in [0.1, 0.15) is 18.7 Å². The van der Waals surface area contributed by atoms with Crippen molar-refractivity contribution < 1.29 is 0 Å². The van der Waals surface area contributed by atoms with Gasteiger partial charge in [-0.2, -0.15) is 5.10 Å². The largest absolute Gasteiger partial charge is 0.357 e. The van der Waals surface area contributed by atoms with E-state index < -0.39 is 0 Å². The molecule has 0 amide bonds. The first-order valence-corrected chi connectivity index (χ1v) is 9.26. The van der Waals surface area contributed by atoms with Crippen LogP contribution in [0.2, 0.25) is 0 Å². The van der Waals surface area contributed by atoms with E-state index in [-0.39, 0.29) is 24.0 Å². The molecule has 2 rings (SSSR count). The molecule has 1 heterocycles. The first kappa shape index (κ1) is 22.1. The molecule has 2 N–H and O–H groups in total. The first-order valence-electron chi connectivity index (χ1n) is 9.26. The maximum atomic E-state index is 4.58. The van der Waals surface area contributed by atoms with Crippen LogP contribution in [-0.2, 0) is 13.6 Å². The fourth-order valence-electron chi connectivity index (χ4n) is 3.19. The lowest BCUT2D eigenvalue weighted by Crippen LogP contribution is -2.40. The fourth-order valence-corrected chi connectivity index (χ4v) is 3.19. The monoisotopic (exact) mass is 463 g/mol. The van der Waals surface area contributed by atoms with Crippen LogP contribution in [0.5, 0.6) is 0 Å². The SMILES string of the molecule is CCNC(=NCc1ncnn1C)NCCCN(C)C1CCCCC1.I. The van der Waals surface area contributed by atoms with E-state index in [0.717, 1.165) is 43.9 Å². The molecule has 7 nitrogen and oxygen atoms in total. The van der Waals surface area contributed by atoms with Crippen LogP contribution < -0.4 is 10.6 Å². The second kappa shape index (κ2) is 12.5. The zero-order chi connectivity index (χ0) is 17.2. The van der Waals surface area contributed by atoms with Gasteiger partial charge in [-0.15, -0.1) is 24.0 Å². The van der Waals surface area contributed by atoms with E-state index in [1.165, 1.54) is 32.1 Å². The predicted molar refractivity (Wildman–Crippen MR) is 113 cm³/mol. The van der Waals surface area contributed by atoms with Crippen LogP contribution in [0.4, 0.5) is 0 Å². The summed E-state index contributed by atoms with van der Waals surface area (Å²) in [5.41, 5.74) is 0. The molecule has 0 bridgehead atoms. The summed E-state index contributed by atoms with van der Waals surface area (Å²) >= 11 is 0. The second-order valence-electron chi connectivity index (χ2n) is 6.55. The number of aryl methyl sites for hydroxylation is 1. The molecule has 1 aliphatic carbocycles. The van der Waals surface area contributed by atoms with Crippen LogP contribution in [0.3, 0.4) is 0 Å². The predicted octanol–water partition coefficient (Wildman–Crippen LogP) is 2.14. The van der Waals surface area contributed by atoms with Crippen LogP contribution in [0.25, 0.3) is 0 Å². The lowest BCUT2D eigenvalue weighted by molar-refractivity contribution is 0.190. The lowest BCUT2D eigenvalue weighted by atomic mass is 9.94. The minimum absolute atomic E-state index is 0. The molecular formula is C17H34IN7. The highest BCUT2D eigenvalue weighted by Gasteiger charge is 2.17. The zero-order valence-electron chi connectivity index (χ0n) is 15.9. The molecule has 0 unspecified atom stereocenters. The molecule has 1 aromatic rings. The van der Waals surface area contributed by atoms with E-state index in [9.17, 15) is 0 Å². The Morgan fingerprint density at radius 2 is 2.08 bits per heavy atom. The molecular weight excluding hydrogens is 429 g/mol. The molecule has 0 aliphatic heterocycles. The maximum absolute atomic E-state index is 4.58. The molecule has 144 valence electrons. The van der Waals surface area contributed by atoms with E-state index in [2.05, 4.69) is 44.6 Å². The van der Waals surface area contributed by atoms with Gasteiger partial charge in [-0.25, -0.2) is 9.98 Å². The number of guanidine groups is 1. The van der Waals surface area contributed by atoms with Gasteiger partial charge < -0.3 is 15.5 Å². The fraction of sp³-hybridized carbons (Fsp3) is 0.824. The first-order chi connectivity index (χ1) is 11.7. The van der Waals surface area contributed by atoms with Crippen molar-refractivity contribution in [2.75, 3.05) is 26.7 Å². The number of nitrogens with zero attached hydrogens (tertiary/aromatic N) is 5. The second-order valence-corrected chi connectivity index (χ2v) is 6.55. The van der Waals surface area contributed by atoms with Crippen molar-refractivity contribution in [3.05, 3.63) is 12.2 Å². The van der Waals surface area contributed by atoms with Crippen LogP contribution in [-0.4, -0.2) is 58.3 Å². The summed E-state index contributed by atoms with van der Waals surface area (Å²) in [6, 6.07) is 0.788. The van der Waals surface area contributed by atoms with Gasteiger partial charge in [0.05, 0.1) is 0 Å². The van der Waals surface area contributed by atoms with E-state index >= 15 is 0 Å². The van der Waals surface area contributed by atoms with Crippen molar-refractivity contribution in [1.82, 2.24) is 30.3 Å². The van der Waals surface area contributed by atoms with Gasteiger partial charge in [-0.3, -0.25) is 4.68 Å². The van der Waals surface area contributed by atoms with Gasteiger partial charge in [0.15, 0.2) is 5.96 Å². The van der Waals surface area contributed by atoms with E-state index in [1.54, 1.807) is 11.0 Å². The van der Waals surface area contributed by atoms with Crippen molar-refractivity contribution in [1.29, 1.82) is 0 Å². The number of hydrogen-bond acceptors (Lipinski definition) is 4. The molecule has 25 heavy (non-hydrogen) atoms. The van der Waals surface area contributed by atoms with Crippen LogP contribution in [0.15, 0.2) is 11.3 Å². The van der Waals surface area contributed by atoms with Crippen molar-refractivity contribution in [2.24, 2.45) is 12.0 Å². The smallest absolute Gasteiger partial charge is 0.191 e. The molecule has 1 aliphatic rings. The van der Waals surface area contributed by atoms with Gasteiger partial charge in [0.25, 0.3) is 0 Å². The van der Waals surface area contributed by atoms with Gasteiger partial charge >= 0.3 is 0 Å². The van der Waals surface area contributed by atoms with Gasteiger partial charge in [0.2, 0.25) is 0 Å². The quantitative estimate of drug-likeness (QED) is 0.268. The summed E-state index contributed by atoms with van der Waals surface area (Å²) in [5.74, 6) is 1.71. The Morgan fingerprint density at radius 3 is 2.72 bits per heavy atom. The minimum Gasteiger partial charge on any atom is -0.357 e. The molecule has 8 heteroatoms. The minimum atomic E-state index is 0. The van der Waals surface area contributed by atoms with Crippen molar-refractivity contribution in [3.8, 4) is 0 Å². The molecule has 1 saturated carbocycles. The number of hydrogen-bond donors (Lipinski definition) is 2. The van der Waals surface area contributed by atoms with Crippen molar-refractivity contribution in [2.45, 2.75) is 58.0 Å². The Kier molecular flexibility index (Phi) is 11.0. The summed E-state index contributed by atoms with van der Waals surface area (Å²) in [5, 5.41) is 10.8. The van der Waals surface area contributed by atoms with Crippen LogP contribution in [0.1, 0.15) is 51.3 Å². The topological polar surface area (TPSA) is 70.4 Å². The zero-order valence-corrected chi connectivity index (χ0v) is 18.2. The third kappa shape index (κ3) is 7.89. The Bertz CT molecular complexity index is 497. The third-order valence-electron chi connectivity index (χ3n) is 4.71. The third-order valence-corrected chi connectivity index (χ3v) is 4.71. The Morgan fingerprint density at radius 1 is 1.32 bits per heavy atom. The number of nitrogens with one attached hydrogen (secondary N) is 2. The highest BCUT2D eigenvalue weighted by molar-refractivity contribution is 14.0. The Balaban J connectivity index is 0.00000312. The molecule has 0 spiro atoms. The number of aliphatic imine (C=N–C) groups is 1. The average molecular weight is 463 g/mol. The summed E-state index contributed by atoms with van der Waals surface area (Å²) in [7, 11) is 4.16. The Labute approximate surface area is 169 Å².